The lowest BCUT2D eigenvalue weighted by Crippen LogP contribution is -2.43. The van der Waals surface area contributed by atoms with Gasteiger partial charge in [-0.15, -0.1) is 0 Å². The summed E-state index contributed by atoms with van der Waals surface area (Å²) < 4.78 is 5.02. The molecular formula is C18H18Cl2N4O3. The van der Waals surface area contributed by atoms with Crippen LogP contribution in [0.5, 0.6) is 5.88 Å². The van der Waals surface area contributed by atoms with E-state index < -0.39 is 6.04 Å². The number of anilines is 1. The number of ether oxygens (including phenoxy) is 1. The number of aromatic nitrogens is 1. The molecule has 1 saturated heterocycles. The number of benzene rings is 1. The minimum atomic E-state index is -0.620. The molecule has 27 heavy (non-hydrogen) atoms. The van der Waals surface area contributed by atoms with Gasteiger partial charge in [-0.25, -0.2) is 9.78 Å². The third-order valence-electron chi connectivity index (χ3n) is 4.37. The predicted octanol–water partition coefficient (Wildman–Crippen LogP) is 2.95. The van der Waals surface area contributed by atoms with Crippen LogP contribution in [0.1, 0.15) is 5.56 Å². The molecule has 0 radical (unpaired) electrons. The SMILES string of the molecule is COc1ccc(N2C[C@@H](C(=O)NCc3ccc(Cl)cc3Cl)N(C)C2=O)cn1. The van der Waals surface area contributed by atoms with Crippen LogP contribution in [0.2, 0.25) is 10.0 Å². The molecule has 1 aliphatic rings. The van der Waals surface area contributed by atoms with Crippen molar-refractivity contribution in [2.45, 2.75) is 12.6 Å². The third kappa shape index (κ3) is 4.09. The molecule has 2 aromatic rings. The van der Waals surface area contributed by atoms with E-state index in [1.54, 1.807) is 43.6 Å². The lowest BCUT2D eigenvalue weighted by atomic mass is 10.2. The molecule has 7 nitrogen and oxygen atoms in total. The summed E-state index contributed by atoms with van der Waals surface area (Å²) >= 11 is 12.0. The topological polar surface area (TPSA) is 74.8 Å². The molecule has 3 amide bonds. The molecule has 3 rings (SSSR count). The molecule has 1 aliphatic heterocycles. The summed E-state index contributed by atoms with van der Waals surface area (Å²) in [6, 6.07) is 7.58. The van der Waals surface area contributed by atoms with Crippen LogP contribution in [0.4, 0.5) is 10.5 Å². The van der Waals surface area contributed by atoms with Crippen molar-refractivity contribution in [3.05, 3.63) is 52.1 Å². The molecular weight excluding hydrogens is 391 g/mol. The van der Waals surface area contributed by atoms with E-state index in [9.17, 15) is 9.59 Å². The number of likely N-dealkylation sites (N-methyl/N-ethyl adjacent to an activating group) is 1. The monoisotopic (exact) mass is 408 g/mol. The van der Waals surface area contributed by atoms with E-state index in [-0.39, 0.29) is 25.0 Å². The maximum Gasteiger partial charge on any atom is 0.325 e. The quantitative estimate of drug-likeness (QED) is 0.824. The number of halogens is 2. The van der Waals surface area contributed by atoms with Crippen LogP contribution in [0.3, 0.4) is 0 Å². The van der Waals surface area contributed by atoms with Gasteiger partial charge in [-0.05, 0) is 23.8 Å². The number of nitrogens with zero attached hydrogens (tertiary/aromatic N) is 3. The van der Waals surface area contributed by atoms with E-state index in [4.69, 9.17) is 27.9 Å². The lowest BCUT2D eigenvalue weighted by Gasteiger charge is -2.17. The van der Waals surface area contributed by atoms with Crippen molar-refractivity contribution >= 4 is 40.8 Å². The summed E-state index contributed by atoms with van der Waals surface area (Å²) in [5.74, 6) is 0.189. The summed E-state index contributed by atoms with van der Waals surface area (Å²) in [6.07, 6.45) is 1.54. The second-order valence-corrected chi connectivity index (χ2v) is 6.88. The van der Waals surface area contributed by atoms with Gasteiger partial charge in [0.25, 0.3) is 0 Å². The first kappa shape index (κ1) is 19.3. The smallest absolute Gasteiger partial charge is 0.325 e. The van der Waals surface area contributed by atoms with Crippen molar-refractivity contribution in [1.82, 2.24) is 15.2 Å². The summed E-state index contributed by atoms with van der Waals surface area (Å²) in [6.45, 7) is 0.473. The molecule has 1 aromatic carbocycles. The zero-order valence-electron chi connectivity index (χ0n) is 14.8. The highest BCUT2D eigenvalue weighted by molar-refractivity contribution is 6.35. The van der Waals surface area contributed by atoms with E-state index in [0.717, 1.165) is 5.56 Å². The molecule has 0 bridgehead atoms. The highest BCUT2D eigenvalue weighted by atomic mass is 35.5. The second kappa shape index (κ2) is 8.02. The Morgan fingerprint density at radius 3 is 2.74 bits per heavy atom. The first-order valence-electron chi connectivity index (χ1n) is 8.16. The minimum Gasteiger partial charge on any atom is -0.481 e. The Kier molecular flexibility index (Phi) is 5.72. The van der Waals surface area contributed by atoms with Crippen LogP contribution in [-0.2, 0) is 11.3 Å². The normalized spacial score (nSPS) is 16.6. The van der Waals surface area contributed by atoms with E-state index in [1.807, 2.05) is 0 Å². The Morgan fingerprint density at radius 1 is 1.33 bits per heavy atom. The van der Waals surface area contributed by atoms with Gasteiger partial charge in [-0.1, -0.05) is 29.3 Å². The van der Waals surface area contributed by atoms with Crippen molar-refractivity contribution in [1.29, 1.82) is 0 Å². The van der Waals surface area contributed by atoms with Gasteiger partial charge in [0.15, 0.2) is 0 Å². The van der Waals surface area contributed by atoms with E-state index in [0.29, 0.717) is 21.6 Å². The summed E-state index contributed by atoms with van der Waals surface area (Å²) in [7, 11) is 3.11. The molecule has 1 atom stereocenters. The number of hydrogen-bond donors (Lipinski definition) is 1. The van der Waals surface area contributed by atoms with Crippen LogP contribution in [0, 0.1) is 0 Å². The number of urea groups is 1. The van der Waals surface area contributed by atoms with Gasteiger partial charge >= 0.3 is 6.03 Å². The molecule has 0 unspecified atom stereocenters. The van der Waals surface area contributed by atoms with Crippen LogP contribution in [-0.4, -0.2) is 48.6 Å². The highest BCUT2D eigenvalue weighted by Crippen LogP contribution is 2.24. The predicted molar refractivity (Wildman–Crippen MR) is 103 cm³/mol. The number of pyridine rings is 1. The maximum atomic E-state index is 12.6. The van der Waals surface area contributed by atoms with Crippen molar-refractivity contribution in [3.8, 4) is 5.88 Å². The zero-order chi connectivity index (χ0) is 19.6. The van der Waals surface area contributed by atoms with Crippen LogP contribution in [0.25, 0.3) is 0 Å². The second-order valence-electron chi connectivity index (χ2n) is 6.03. The van der Waals surface area contributed by atoms with Crippen molar-refractivity contribution in [3.63, 3.8) is 0 Å². The Morgan fingerprint density at radius 2 is 2.11 bits per heavy atom. The standard InChI is InChI=1S/C18H18Cl2N4O3/c1-23-15(17(25)22-8-11-3-4-12(19)7-14(11)20)10-24(18(23)26)13-5-6-16(27-2)21-9-13/h3-7,9,15H,8,10H2,1-2H3,(H,22,25)/t15-/m0/s1. The van der Waals surface area contributed by atoms with Gasteiger partial charge in [0.1, 0.15) is 6.04 Å². The maximum absolute atomic E-state index is 12.6. The first-order valence-corrected chi connectivity index (χ1v) is 8.92. The molecule has 0 spiro atoms. The van der Waals surface area contributed by atoms with Crippen LogP contribution < -0.4 is 15.0 Å². The average molecular weight is 409 g/mol. The lowest BCUT2D eigenvalue weighted by molar-refractivity contribution is -0.124. The van der Waals surface area contributed by atoms with Gasteiger partial charge in [-0.3, -0.25) is 9.69 Å². The number of methoxy groups -OCH3 is 1. The van der Waals surface area contributed by atoms with Crippen molar-refractivity contribution in [2.75, 3.05) is 25.6 Å². The van der Waals surface area contributed by atoms with Crippen LogP contribution in [0.15, 0.2) is 36.5 Å². The fourth-order valence-electron chi connectivity index (χ4n) is 2.79. The molecule has 2 heterocycles. The number of rotatable bonds is 5. The number of hydrogen-bond acceptors (Lipinski definition) is 4. The third-order valence-corrected chi connectivity index (χ3v) is 4.95. The minimum absolute atomic E-state index is 0.226. The fourth-order valence-corrected chi connectivity index (χ4v) is 3.27. The van der Waals surface area contributed by atoms with Gasteiger partial charge in [0, 0.05) is 29.7 Å². The summed E-state index contributed by atoms with van der Waals surface area (Å²) in [5.41, 5.74) is 1.35. The molecule has 1 fully saturated rings. The Labute approximate surface area is 166 Å². The Bertz CT molecular complexity index is 860. The summed E-state index contributed by atoms with van der Waals surface area (Å²) in [4.78, 5) is 32.1. The Hall–Kier alpha value is -2.51. The zero-order valence-corrected chi connectivity index (χ0v) is 16.3. The van der Waals surface area contributed by atoms with E-state index in [1.165, 1.54) is 16.9 Å². The van der Waals surface area contributed by atoms with Gasteiger partial charge in [-0.2, -0.15) is 0 Å². The largest absolute Gasteiger partial charge is 0.481 e. The summed E-state index contributed by atoms with van der Waals surface area (Å²) in [5, 5.41) is 3.82. The molecule has 142 valence electrons. The van der Waals surface area contributed by atoms with Crippen LogP contribution >= 0.6 is 23.2 Å². The highest BCUT2D eigenvalue weighted by Gasteiger charge is 2.39. The van der Waals surface area contributed by atoms with E-state index in [2.05, 4.69) is 10.3 Å². The molecule has 1 aromatic heterocycles. The van der Waals surface area contributed by atoms with E-state index >= 15 is 0 Å². The number of nitrogens with one attached hydrogen (secondary N) is 1. The molecule has 0 aliphatic carbocycles. The van der Waals surface area contributed by atoms with Crippen molar-refractivity contribution in [2.24, 2.45) is 0 Å². The molecule has 0 saturated carbocycles. The number of carbonyl (C=O) groups is 2. The average Bonchev–Trinajstić information content (AvgIpc) is 2.96. The van der Waals surface area contributed by atoms with Gasteiger partial charge < -0.3 is 15.0 Å². The number of carbonyl (C=O) groups excluding carboxylic acids is 2. The van der Waals surface area contributed by atoms with Gasteiger partial charge in [0.05, 0.1) is 25.5 Å². The van der Waals surface area contributed by atoms with Gasteiger partial charge in [0.2, 0.25) is 11.8 Å². The van der Waals surface area contributed by atoms with Crippen molar-refractivity contribution < 1.29 is 14.3 Å². The Balaban J connectivity index is 1.67. The number of amides is 3. The molecule has 1 N–H and O–H groups in total. The molecule has 9 heteroatoms. The first-order chi connectivity index (χ1) is 12.9. The fraction of sp³-hybridized carbons (Fsp3) is 0.278.